The van der Waals surface area contributed by atoms with Crippen LogP contribution in [0.2, 0.25) is 0 Å². The van der Waals surface area contributed by atoms with Gasteiger partial charge in [-0.3, -0.25) is 9.59 Å². The summed E-state index contributed by atoms with van der Waals surface area (Å²) in [4.78, 5) is 32.1. The van der Waals surface area contributed by atoms with Crippen molar-refractivity contribution in [2.45, 2.75) is 25.2 Å². The van der Waals surface area contributed by atoms with Crippen molar-refractivity contribution >= 4 is 29.5 Å². The number of piperidine rings is 1. The first-order valence-electron chi connectivity index (χ1n) is 9.58. The van der Waals surface area contributed by atoms with E-state index in [1.54, 1.807) is 29.5 Å². The van der Waals surface area contributed by atoms with Gasteiger partial charge >= 0.3 is 0 Å². The molecule has 1 aromatic carbocycles. The number of amides is 1. The number of aryl methyl sites for hydroxylation is 1. The average Bonchev–Trinajstić information content (AvgIpc) is 3.21. The highest BCUT2D eigenvalue weighted by Crippen LogP contribution is 2.42. The molecule has 3 N–H and O–H groups in total. The molecule has 0 bridgehead atoms. The second-order valence-corrected chi connectivity index (χ2v) is 8.11. The number of nitrogens with zero attached hydrogens (tertiary/aromatic N) is 3. The second kappa shape index (κ2) is 9.49. The molecule has 3 aromatic rings. The van der Waals surface area contributed by atoms with E-state index in [9.17, 15) is 4.79 Å². The van der Waals surface area contributed by atoms with Crippen LogP contribution >= 0.6 is 11.3 Å². The number of nitrogens with two attached hydrogens (primary N) is 1. The van der Waals surface area contributed by atoms with Crippen molar-refractivity contribution in [3.8, 4) is 0 Å². The molecule has 0 atom stereocenters. The average molecular weight is 425 g/mol. The van der Waals surface area contributed by atoms with E-state index >= 15 is 0 Å². The molecule has 8 heteroatoms. The van der Waals surface area contributed by atoms with Crippen molar-refractivity contribution in [3.63, 3.8) is 0 Å². The Hall–Kier alpha value is -3.26. The first-order valence-corrected chi connectivity index (χ1v) is 10.5. The van der Waals surface area contributed by atoms with E-state index in [2.05, 4.69) is 34.6 Å². The van der Waals surface area contributed by atoms with Crippen LogP contribution in [0.25, 0.3) is 0 Å². The number of pyridine rings is 1. The van der Waals surface area contributed by atoms with Gasteiger partial charge in [-0.2, -0.15) is 0 Å². The number of carbonyl (C=O) groups excluding carboxylic acids is 1. The van der Waals surface area contributed by atoms with Crippen LogP contribution in [0.4, 0.5) is 5.82 Å². The number of hydrogen-bond acceptors (Lipinski definition) is 6. The lowest BCUT2D eigenvalue weighted by molar-refractivity contribution is -0.122. The maximum absolute atomic E-state index is 12.8. The number of carbonyl (C=O) groups is 2. The van der Waals surface area contributed by atoms with Crippen LogP contribution in [-0.4, -0.2) is 45.4 Å². The number of rotatable bonds is 3. The Morgan fingerprint density at radius 3 is 2.37 bits per heavy atom. The number of hydrogen-bond donors (Lipinski definition) is 2. The van der Waals surface area contributed by atoms with E-state index in [4.69, 9.17) is 20.6 Å². The third kappa shape index (κ3) is 4.49. The molecule has 156 valence electrons. The lowest BCUT2D eigenvalue weighted by atomic mass is 9.70. The maximum Gasteiger partial charge on any atom is 0.290 e. The largest absolute Gasteiger partial charge is 0.483 e. The smallest absolute Gasteiger partial charge is 0.290 e. The van der Waals surface area contributed by atoms with Gasteiger partial charge in [0, 0.05) is 23.9 Å². The molecule has 30 heavy (non-hydrogen) atoms. The maximum atomic E-state index is 12.8. The standard InChI is InChI=1S/C21H22N4OS.CH2O2/c1-15-23-18(14-27-15)21(16-6-3-2-4-7-16)10-12-25(13-11-21)20(26)17-8-5-9-19(22)24-17;2-1-3/h2-9,14H,10-13H2,1H3,(H2,22,24);1H,(H,2,3). The zero-order valence-electron chi connectivity index (χ0n) is 16.7. The van der Waals surface area contributed by atoms with E-state index in [1.807, 2.05) is 17.9 Å². The minimum absolute atomic E-state index is 0.0570. The van der Waals surface area contributed by atoms with Crippen LogP contribution in [0.15, 0.2) is 53.9 Å². The van der Waals surface area contributed by atoms with E-state index in [0.29, 0.717) is 24.6 Å². The molecule has 1 aliphatic heterocycles. The van der Waals surface area contributed by atoms with Gasteiger partial charge in [0.05, 0.1) is 10.7 Å². The minimum Gasteiger partial charge on any atom is -0.483 e. The minimum atomic E-state index is -0.250. The summed E-state index contributed by atoms with van der Waals surface area (Å²) in [5, 5.41) is 10.1. The summed E-state index contributed by atoms with van der Waals surface area (Å²) < 4.78 is 0. The molecule has 3 heterocycles. The van der Waals surface area contributed by atoms with Gasteiger partial charge in [0.1, 0.15) is 11.5 Å². The van der Waals surface area contributed by atoms with Crippen LogP contribution in [-0.2, 0) is 10.2 Å². The summed E-state index contributed by atoms with van der Waals surface area (Å²) in [7, 11) is 0. The number of likely N-dealkylation sites (tertiary alicyclic amines) is 1. The molecule has 4 rings (SSSR count). The molecule has 1 aliphatic rings. The molecule has 0 saturated carbocycles. The van der Waals surface area contributed by atoms with Crippen molar-refractivity contribution < 1.29 is 14.7 Å². The van der Waals surface area contributed by atoms with Crippen molar-refractivity contribution in [1.29, 1.82) is 0 Å². The van der Waals surface area contributed by atoms with Gasteiger partial charge in [-0.1, -0.05) is 36.4 Å². The Labute approximate surface area is 179 Å². The zero-order valence-corrected chi connectivity index (χ0v) is 17.5. The number of thiazole rings is 1. The SMILES string of the molecule is Cc1nc(C2(c3ccccc3)CCN(C(=O)c3cccc(N)n3)CC2)cs1.O=CO. The quantitative estimate of drug-likeness (QED) is 0.624. The predicted molar refractivity (Wildman–Crippen MR) is 117 cm³/mol. The fraction of sp³-hybridized carbons (Fsp3) is 0.273. The van der Waals surface area contributed by atoms with E-state index < -0.39 is 0 Å². The summed E-state index contributed by atoms with van der Waals surface area (Å²) >= 11 is 1.68. The summed E-state index contributed by atoms with van der Waals surface area (Å²) in [6.45, 7) is 3.12. The number of aromatic nitrogens is 2. The fourth-order valence-electron chi connectivity index (χ4n) is 3.86. The predicted octanol–water partition coefficient (Wildman–Crippen LogP) is 3.35. The molecule has 0 spiro atoms. The molecule has 2 aromatic heterocycles. The molecule has 1 saturated heterocycles. The lowest BCUT2D eigenvalue weighted by Gasteiger charge is -2.41. The van der Waals surface area contributed by atoms with E-state index in [1.165, 1.54) is 5.56 Å². The van der Waals surface area contributed by atoms with Crippen LogP contribution in [0, 0.1) is 6.92 Å². The van der Waals surface area contributed by atoms with E-state index in [-0.39, 0.29) is 17.8 Å². The van der Waals surface area contributed by atoms with Crippen molar-refractivity contribution in [3.05, 3.63) is 75.9 Å². The number of carboxylic acid groups (broad SMARTS) is 1. The topological polar surface area (TPSA) is 109 Å². The van der Waals surface area contributed by atoms with Gasteiger partial charge in [-0.05, 0) is 37.5 Å². The van der Waals surface area contributed by atoms with Gasteiger partial charge in [0.25, 0.3) is 12.4 Å². The van der Waals surface area contributed by atoms with Crippen LogP contribution in [0.1, 0.15) is 39.6 Å². The monoisotopic (exact) mass is 424 g/mol. The first-order chi connectivity index (χ1) is 14.5. The Kier molecular flexibility index (Phi) is 6.79. The van der Waals surface area contributed by atoms with E-state index in [0.717, 1.165) is 23.5 Å². The Balaban J connectivity index is 0.000000806. The Morgan fingerprint density at radius 2 is 1.80 bits per heavy atom. The Morgan fingerprint density at radius 1 is 1.13 bits per heavy atom. The third-order valence-corrected chi connectivity index (χ3v) is 6.10. The summed E-state index contributed by atoms with van der Waals surface area (Å²) in [5.74, 6) is 0.313. The highest BCUT2D eigenvalue weighted by molar-refractivity contribution is 7.09. The second-order valence-electron chi connectivity index (χ2n) is 7.05. The highest BCUT2D eigenvalue weighted by Gasteiger charge is 2.40. The molecule has 0 radical (unpaired) electrons. The number of benzene rings is 1. The van der Waals surface area contributed by atoms with Gasteiger partial charge in [-0.25, -0.2) is 9.97 Å². The normalized spacial score (nSPS) is 15.0. The lowest BCUT2D eigenvalue weighted by Crippen LogP contribution is -2.46. The number of nitrogen functional groups attached to an aromatic ring is 1. The first kappa shape index (κ1) is 21.4. The number of anilines is 1. The summed E-state index contributed by atoms with van der Waals surface area (Å²) in [6.07, 6.45) is 1.68. The molecule has 1 amide bonds. The third-order valence-electron chi connectivity index (χ3n) is 5.33. The highest BCUT2D eigenvalue weighted by atomic mass is 32.1. The molecule has 7 nitrogen and oxygen atoms in total. The van der Waals surface area contributed by atoms with Crippen molar-refractivity contribution in [2.24, 2.45) is 0 Å². The van der Waals surface area contributed by atoms with Crippen LogP contribution in [0.5, 0.6) is 0 Å². The molecular weight excluding hydrogens is 400 g/mol. The molecule has 0 unspecified atom stereocenters. The van der Waals surface area contributed by atoms with Gasteiger partial charge < -0.3 is 15.7 Å². The fourth-order valence-corrected chi connectivity index (χ4v) is 4.57. The van der Waals surface area contributed by atoms with Crippen LogP contribution < -0.4 is 5.73 Å². The van der Waals surface area contributed by atoms with Crippen molar-refractivity contribution in [2.75, 3.05) is 18.8 Å². The van der Waals surface area contributed by atoms with Gasteiger partial charge in [0.15, 0.2) is 0 Å². The molecule has 1 fully saturated rings. The molecular formula is C22H24N4O3S. The van der Waals surface area contributed by atoms with Crippen molar-refractivity contribution in [1.82, 2.24) is 14.9 Å². The molecule has 0 aliphatic carbocycles. The zero-order chi connectivity index (χ0) is 21.6. The summed E-state index contributed by atoms with van der Waals surface area (Å²) in [6, 6.07) is 15.7. The Bertz CT molecular complexity index is 998. The van der Waals surface area contributed by atoms with Gasteiger partial charge in [-0.15, -0.1) is 11.3 Å². The summed E-state index contributed by atoms with van der Waals surface area (Å²) in [5.41, 5.74) is 8.38. The van der Waals surface area contributed by atoms with Crippen LogP contribution in [0.3, 0.4) is 0 Å². The van der Waals surface area contributed by atoms with Gasteiger partial charge in [0.2, 0.25) is 0 Å².